The molecule has 0 aromatic carbocycles. The molecule has 0 aliphatic heterocycles. The van der Waals surface area contributed by atoms with Gasteiger partial charge in [-0.1, -0.05) is 13.3 Å². The van der Waals surface area contributed by atoms with Gasteiger partial charge in [0.1, 0.15) is 5.82 Å². The maximum Gasteiger partial charge on any atom is 0.148 e. The number of anilines is 2. The molecule has 0 amide bonds. The van der Waals surface area contributed by atoms with Gasteiger partial charge in [-0.2, -0.15) is 16.9 Å². The first-order valence-corrected chi connectivity index (χ1v) is 8.15. The second-order valence-electron chi connectivity index (χ2n) is 4.55. The van der Waals surface area contributed by atoms with Gasteiger partial charge in [-0.25, -0.2) is 4.68 Å². The molecule has 5 heteroatoms. The summed E-state index contributed by atoms with van der Waals surface area (Å²) in [6, 6.07) is 0. The molecule has 0 aliphatic carbocycles. The summed E-state index contributed by atoms with van der Waals surface area (Å²) in [7, 11) is 0. The van der Waals surface area contributed by atoms with Crippen LogP contribution in [0.4, 0.5) is 11.5 Å². The largest absolute Gasteiger partial charge is 0.394 e. The van der Waals surface area contributed by atoms with Crippen LogP contribution < -0.4 is 11.1 Å². The van der Waals surface area contributed by atoms with Crippen molar-refractivity contribution in [2.45, 2.75) is 46.1 Å². The minimum Gasteiger partial charge on any atom is -0.394 e. The zero-order valence-corrected chi connectivity index (χ0v) is 12.6. The van der Waals surface area contributed by atoms with Crippen LogP contribution in [-0.4, -0.2) is 28.3 Å². The van der Waals surface area contributed by atoms with E-state index >= 15 is 0 Å². The van der Waals surface area contributed by atoms with Crippen molar-refractivity contribution in [3.05, 3.63) is 5.69 Å². The quantitative estimate of drug-likeness (QED) is 0.677. The van der Waals surface area contributed by atoms with Gasteiger partial charge >= 0.3 is 0 Å². The van der Waals surface area contributed by atoms with Gasteiger partial charge in [-0.05, 0) is 38.2 Å². The van der Waals surface area contributed by atoms with Crippen LogP contribution >= 0.6 is 11.8 Å². The molecule has 4 nitrogen and oxygen atoms in total. The van der Waals surface area contributed by atoms with Crippen molar-refractivity contribution < 1.29 is 0 Å². The fraction of sp³-hybridized carbons (Fsp3) is 0.769. The molecule has 0 spiro atoms. The van der Waals surface area contributed by atoms with Crippen LogP contribution in [0.5, 0.6) is 0 Å². The van der Waals surface area contributed by atoms with E-state index in [9.17, 15) is 0 Å². The van der Waals surface area contributed by atoms with E-state index < -0.39 is 0 Å². The highest BCUT2D eigenvalue weighted by molar-refractivity contribution is 7.98. The van der Waals surface area contributed by atoms with Crippen LogP contribution in [0.15, 0.2) is 0 Å². The average molecular weight is 270 g/mol. The minimum absolute atomic E-state index is 0.799. The van der Waals surface area contributed by atoms with E-state index in [-0.39, 0.29) is 0 Å². The average Bonchev–Trinajstić information content (AvgIpc) is 2.61. The summed E-state index contributed by atoms with van der Waals surface area (Å²) in [5.41, 5.74) is 7.77. The van der Waals surface area contributed by atoms with Crippen LogP contribution in [0.2, 0.25) is 0 Å². The number of nitrogen functional groups attached to an aromatic ring is 1. The standard InChI is InChI=1S/C13H26N4S/c1-4-9-17-13(12(14)11(2)16-17)15-8-6-5-7-10-18-3/h15H,4-10,14H2,1-3H3. The molecule has 0 fully saturated rings. The maximum atomic E-state index is 6.05. The molecule has 0 saturated carbocycles. The van der Waals surface area contributed by atoms with E-state index in [1.807, 2.05) is 23.4 Å². The predicted molar refractivity (Wildman–Crippen MR) is 82.4 cm³/mol. The van der Waals surface area contributed by atoms with Gasteiger partial charge in [0.2, 0.25) is 0 Å². The monoisotopic (exact) mass is 270 g/mol. The molecule has 1 rings (SSSR count). The zero-order chi connectivity index (χ0) is 13.4. The molecular weight excluding hydrogens is 244 g/mol. The Hall–Kier alpha value is -0.840. The molecule has 104 valence electrons. The lowest BCUT2D eigenvalue weighted by atomic mass is 10.2. The molecule has 18 heavy (non-hydrogen) atoms. The summed E-state index contributed by atoms with van der Waals surface area (Å²) < 4.78 is 1.99. The third-order valence-corrected chi connectivity index (χ3v) is 3.62. The number of thioether (sulfide) groups is 1. The van der Waals surface area contributed by atoms with Crippen molar-refractivity contribution in [3.63, 3.8) is 0 Å². The van der Waals surface area contributed by atoms with E-state index in [0.717, 1.165) is 36.7 Å². The summed E-state index contributed by atoms with van der Waals surface area (Å²) in [5, 5.41) is 7.89. The zero-order valence-electron chi connectivity index (χ0n) is 11.8. The van der Waals surface area contributed by atoms with Crippen molar-refractivity contribution in [2.75, 3.05) is 29.6 Å². The van der Waals surface area contributed by atoms with E-state index in [0.29, 0.717) is 0 Å². The fourth-order valence-electron chi connectivity index (χ4n) is 1.91. The molecule has 0 aliphatic rings. The lowest BCUT2D eigenvalue weighted by Gasteiger charge is -2.09. The van der Waals surface area contributed by atoms with Crippen molar-refractivity contribution in [2.24, 2.45) is 0 Å². The van der Waals surface area contributed by atoms with Gasteiger partial charge < -0.3 is 11.1 Å². The van der Waals surface area contributed by atoms with Gasteiger partial charge in [0, 0.05) is 13.1 Å². The third kappa shape index (κ3) is 4.44. The summed E-state index contributed by atoms with van der Waals surface area (Å²) in [5.74, 6) is 2.26. The Morgan fingerprint density at radius 3 is 2.78 bits per heavy atom. The van der Waals surface area contributed by atoms with Gasteiger partial charge in [-0.15, -0.1) is 0 Å². The van der Waals surface area contributed by atoms with Crippen LogP contribution in [-0.2, 0) is 6.54 Å². The number of hydrogen-bond donors (Lipinski definition) is 2. The first-order valence-electron chi connectivity index (χ1n) is 6.76. The van der Waals surface area contributed by atoms with E-state index in [1.165, 1.54) is 25.0 Å². The van der Waals surface area contributed by atoms with Gasteiger partial charge in [0.05, 0.1) is 11.4 Å². The third-order valence-electron chi connectivity index (χ3n) is 2.93. The summed E-state index contributed by atoms with van der Waals surface area (Å²) in [4.78, 5) is 0. The Morgan fingerprint density at radius 1 is 1.33 bits per heavy atom. The second-order valence-corrected chi connectivity index (χ2v) is 5.54. The van der Waals surface area contributed by atoms with Crippen LogP contribution in [0.1, 0.15) is 38.3 Å². The number of nitrogens with two attached hydrogens (primary N) is 1. The Bertz CT molecular complexity index is 349. The number of aromatic nitrogens is 2. The maximum absolute atomic E-state index is 6.05. The molecule has 1 heterocycles. The topological polar surface area (TPSA) is 55.9 Å². The number of rotatable bonds is 9. The van der Waals surface area contributed by atoms with Gasteiger partial charge in [0.15, 0.2) is 0 Å². The van der Waals surface area contributed by atoms with Crippen molar-refractivity contribution in [1.29, 1.82) is 0 Å². The Balaban J connectivity index is 2.40. The highest BCUT2D eigenvalue weighted by Gasteiger charge is 2.10. The lowest BCUT2D eigenvalue weighted by molar-refractivity contribution is 0.601. The minimum atomic E-state index is 0.799. The summed E-state index contributed by atoms with van der Waals surface area (Å²) >= 11 is 1.92. The number of hydrogen-bond acceptors (Lipinski definition) is 4. The molecule has 0 radical (unpaired) electrons. The van der Waals surface area contributed by atoms with E-state index in [4.69, 9.17) is 5.73 Å². The van der Waals surface area contributed by atoms with Crippen LogP contribution in [0.3, 0.4) is 0 Å². The predicted octanol–water partition coefficient (Wildman–Crippen LogP) is 3.13. The van der Waals surface area contributed by atoms with Crippen molar-refractivity contribution in [1.82, 2.24) is 9.78 Å². The molecule has 3 N–H and O–H groups in total. The summed E-state index contributed by atoms with van der Waals surface area (Å²) in [6.07, 6.45) is 6.99. The molecule has 0 atom stereocenters. The number of nitrogens with zero attached hydrogens (tertiary/aromatic N) is 2. The number of nitrogens with one attached hydrogen (secondary N) is 1. The fourth-order valence-corrected chi connectivity index (χ4v) is 2.40. The number of unbranched alkanes of at least 4 members (excludes halogenated alkanes) is 2. The SMILES string of the molecule is CCCn1nc(C)c(N)c1NCCCCCSC. The Kier molecular flexibility index (Phi) is 7.01. The van der Waals surface area contributed by atoms with E-state index in [1.54, 1.807) is 0 Å². The molecule has 1 aromatic rings. The lowest BCUT2D eigenvalue weighted by Crippen LogP contribution is -2.10. The molecule has 0 bridgehead atoms. The van der Waals surface area contributed by atoms with Gasteiger partial charge in [0.25, 0.3) is 0 Å². The highest BCUT2D eigenvalue weighted by atomic mass is 32.2. The Morgan fingerprint density at radius 2 is 2.11 bits per heavy atom. The first kappa shape index (κ1) is 15.2. The molecular formula is C13H26N4S. The van der Waals surface area contributed by atoms with Gasteiger partial charge in [-0.3, -0.25) is 0 Å². The van der Waals surface area contributed by atoms with Crippen molar-refractivity contribution >= 4 is 23.3 Å². The molecule has 0 saturated heterocycles. The Labute approximate surface area is 115 Å². The normalized spacial score (nSPS) is 10.8. The number of aryl methyl sites for hydroxylation is 2. The van der Waals surface area contributed by atoms with Crippen molar-refractivity contribution in [3.8, 4) is 0 Å². The van der Waals surface area contributed by atoms with Crippen LogP contribution in [0.25, 0.3) is 0 Å². The second kappa shape index (κ2) is 8.29. The highest BCUT2D eigenvalue weighted by Crippen LogP contribution is 2.22. The molecule has 0 unspecified atom stereocenters. The van der Waals surface area contributed by atoms with Crippen LogP contribution in [0, 0.1) is 6.92 Å². The molecule has 1 aromatic heterocycles. The van der Waals surface area contributed by atoms with E-state index in [2.05, 4.69) is 23.6 Å². The summed E-state index contributed by atoms with van der Waals surface area (Å²) in [6.45, 7) is 6.02. The smallest absolute Gasteiger partial charge is 0.148 e. The first-order chi connectivity index (χ1) is 8.70.